The molecule has 1 amide bonds. The Balaban J connectivity index is 1.57. The Morgan fingerprint density at radius 2 is 1.64 bits per heavy atom. The summed E-state index contributed by atoms with van der Waals surface area (Å²) in [4.78, 5) is 27.9. The van der Waals surface area contributed by atoms with Crippen molar-refractivity contribution >= 4 is 34.9 Å². The molecule has 142 valence electrons. The molecule has 2 N–H and O–H groups in total. The average Bonchev–Trinajstić information content (AvgIpc) is 2.73. The number of aromatic nitrogens is 1. The second-order valence-electron chi connectivity index (χ2n) is 5.94. The van der Waals surface area contributed by atoms with E-state index in [1.807, 2.05) is 12.1 Å². The molecule has 3 rings (SSSR count). The van der Waals surface area contributed by atoms with E-state index in [0.29, 0.717) is 22.8 Å². The van der Waals surface area contributed by atoms with Gasteiger partial charge in [0.2, 0.25) is 0 Å². The summed E-state index contributed by atoms with van der Waals surface area (Å²) < 4.78 is 4.67. The molecule has 2 aromatic carbocycles. The molecule has 0 aliphatic carbocycles. The number of halogens is 1. The molecule has 0 saturated heterocycles. The monoisotopic (exact) mass is 395 g/mol. The van der Waals surface area contributed by atoms with Gasteiger partial charge in [0.05, 0.1) is 24.6 Å². The van der Waals surface area contributed by atoms with Gasteiger partial charge in [-0.2, -0.15) is 0 Å². The second kappa shape index (κ2) is 9.01. The molecule has 0 radical (unpaired) electrons. The number of rotatable bonds is 6. The molecule has 7 heteroatoms. The van der Waals surface area contributed by atoms with Crippen molar-refractivity contribution in [3.8, 4) is 0 Å². The molecule has 0 aliphatic rings. The van der Waals surface area contributed by atoms with E-state index in [2.05, 4.69) is 20.4 Å². The van der Waals surface area contributed by atoms with E-state index < -0.39 is 0 Å². The molecular weight excluding hydrogens is 378 g/mol. The van der Waals surface area contributed by atoms with Gasteiger partial charge < -0.3 is 15.4 Å². The third-order valence-electron chi connectivity index (χ3n) is 3.96. The number of carbonyl (C=O) groups excluding carboxylic acids is 2. The summed E-state index contributed by atoms with van der Waals surface area (Å²) in [6.07, 6.45) is 1.57. The SMILES string of the molecule is COC(=O)c1ccc(Nc2ccc(C(=O)NCc3ccc(Cl)cc3)nc2)cc1. The van der Waals surface area contributed by atoms with Gasteiger partial charge in [-0.25, -0.2) is 9.78 Å². The molecule has 1 aromatic heterocycles. The van der Waals surface area contributed by atoms with Crippen molar-refractivity contribution < 1.29 is 14.3 Å². The highest BCUT2D eigenvalue weighted by Gasteiger charge is 2.08. The van der Waals surface area contributed by atoms with Gasteiger partial charge in [0.1, 0.15) is 5.69 Å². The highest BCUT2D eigenvalue weighted by molar-refractivity contribution is 6.30. The van der Waals surface area contributed by atoms with Gasteiger partial charge in [0.25, 0.3) is 5.91 Å². The predicted molar refractivity (Wildman–Crippen MR) is 108 cm³/mol. The van der Waals surface area contributed by atoms with Crippen molar-refractivity contribution in [2.45, 2.75) is 6.54 Å². The number of nitrogens with zero attached hydrogens (tertiary/aromatic N) is 1. The van der Waals surface area contributed by atoms with Crippen LogP contribution in [0.15, 0.2) is 66.9 Å². The van der Waals surface area contributed by atoms with Crippen LogP contribution in [0.4, 0.5) is 11.4 Å². The highest BCUT2D eigenvalue weighted by atomic mass is 35.5. The first-order valence-corrected chi connectivity index (χ1v) is 8.87. The summed E-state index contributed by atoms with van der Waals surface area (Å²) in [7, 11) is 1.34. The van der Waals surface area contributed by atoms with Crippen molar-refractivity contribution in [2.24, 2.45) is 0 Å². The van der Waals surface area contributed by atoms with Crippen LogP contribution >= 0.6 is 11.6 Å². The number of ether oxygens (including phenoxy) is 1. The molecule has 0 spiro atoms. The van der Waals surface area contributed by atoms with Crippen molar-refractivity contribution in [3.63, 3.8) is 0 Å². The van der Waals surface area contributed by atoms with Crippen LogP contribution in [0.1, 0.15) is 26.4 Å². The minimum atomic E-state index is -0.387. The Kier molecular flexibility index (Phi) is 6.24. The molecule has 0 fully saturated rings. The summed E-state index contributed by atoms with van der Waals surface area (Å²) in [5.41, 5.74) is 3.25. The third kappa shape index (κ3) is 5.08. The van der Waals surface area contributed by atoms with Gasteiger partial charge in [0, 0.05) is 17.3 Å². The third-order valence-corrected chi connectivity index (χ3v) is 4.21. The lowest BCUT2D eigenvalue weighted by Crippen LogP contribution is -2.23. The smallest absolute Gasteiger partial charge is 0.337 e. The van der Waals surface area contributed by atoms with Crippen molar-refractivity contribution in [2.75, 3.05) is 12.4 Å². The second-order valence-corrected chi connectivity index (χ2v) is 6.37. The first-order chi connectivity index (χ1) is 13.5. The highest BCUT2D eigenvalue weighted by Crippen LogP contribution is 2.17. The zero-order valence-corrected chi connectivity index (χ0v) is 15.9. The van der Waals surface area contributed by atoms with E-state index in [-0.39, 0.29) is 11.9 Å². The van der Waals surface area contributed by atoms with Crippen LogP contribution in [0.5, 0.6) is 0 Å². The number of hydrogen-bond donors (Lipinski definition) is 2. The first kappa shape index (κ1) is 19.4. The molecule has 3 aromatic rings. The van der Waals surface area contributed by atoms with Crippen molar-refractivity contribution in [1.29, 1.82) is 0 Å². The molecule has 28 heavy (non-hydrogen) atoms. The van der Waals surface area contributed by atoms with Crippen LogP contribution in [-0.2, 0) is 11.3 Å². The molecule has 1 heterocycles. The first-order valence-electron chi connectivity index (χ1n) is 8.49. The van der Waals surface area contributed by atoms with Crippen LogP contribution in [0.25, 0.3) is 0 Å². The zero-order chi connectivity index (χ0) is 19.9. The Bertz CT molecular complexity index is 956. The maximum Gasteiger partial charge on any atom is 0.337 e. The zero-order valence-electron chi connectivity index (χ0n) is 15.1. The van der Waals surface area contributed by atoms with Crippen LogP contribution in [-0.4, -0.2) is 24.0 Å². The summed E-state index contributed by atoms with van der Waals surface area (Å²) in [5.74, 6) is -0.647. The lowest BCUT2D eigenvalue weighted by atomic mass is 10.2. The van der Waals surface area contributed by atoms with Crippen LogP contribution in [0, 0.1) is 0 Å². The summed E-state index contributed by atoms with van der Waals surface area (Å²) in [5, 5.41) is 6.63. The van der Waals surface area contributed by atoms with Gasteiger partial charge in [0.15, 0.2) is 0 Å². The number of anilines is 2. The van der Waals surface area contributed by atoms with Crippen LogP contribution in [0.2, 0.25) is 5.02 Å². The number of pyridine rings is 1. The fourth-order valence-electron chi connectivity index (χ4n) is 2.45. The number of esters is 1. The maximum atomic E-state index is 12.2. The molecule has 0 unspecified atom stereocenters. The van der Waals surface area contributed by atoms with Gasteiger partial charge in [-0.05, 0) is 54.1 Å². The molecule has 0 saturated carbocycles. The van der Waals surface area contributed by atoms with E-state index in [4.69, 9.17) is 11.6 Å². The normalized spacial score (nSPS) is 10.2. The summed E-state index contributed by atoms with van der Waals surface area (Å²) in [6, 6.07) is 17.5. The van der Waals surface area contributed by atoms with E-state index >= 15 is 0 Å². The van der Waals surface area contributed by atoms with Crippen molar-refractivity contribution in [1.82, 2.24) is 10.3 Å². The fraction of sp³-hybridized carbons (Fsp3) is 0.0952. The molecule has 0 aliphatic heterocycles. The predicted octanol–water partition coefficient (Wildman–Crippen LogP) is 4.20. The molecule has 0 atom stereocenters. The minimum Gasteiger partial charge on any atom is -0.465 e. The minimum absolute atomic E-state index is 0.260. The number of methoxy groups -OCH3 is 1. The maximum absolute atomic E-state index is 12.2. The van der Waals surface area contributed by atoms with Gasteiger partial charge in [-0.3, -0.25) is 4.79 Å². The van der Waals surface area contributed by atoms with Gasteiger partial charge in [-0.15, -0.1) is 0 Å². The lowest BCUT2D eigenvalue weighted by molar-refractivity contribution is 0.0600. The number of hydrogen-bond acceptors (Lipinski definition) is 5. The average molecular weight is 396 g/mol. The van der Waals surface area contributed by atoms with Crippen molar-refractivity contribution in [3.05, 3.63) is 88.7 Å². The summed E-state index contributed by atoms with van der Waals surface area (Å²) >= 11 is 5.85. The molecule has 6 nitrogen and oxygen atoms in total. The Labute approximate surface area is 167 Å². The van der Waals surface area contributed by atoms with E-state index in [1.54, 1.807) is 54.7 Å². The standard InChI is InChI=1S/C21H18ClN3O3/c1-28-21(27)15-4-8-17(9-5-15)25-18-10-11-19(23-13-18)20(26)24-12-14-2-6-16(22)7-3-14/h2-11,13,25H,12H2,1H3,(H,24,26). The van der Waals surface area contributed by atoms with Gasteiger partial charge in [-0.1, -0.05) is 23.7 Å². The Morgan fingerprint density at radius 3 is 2.25 bits per heavy atom. The van der Waals surface area contributed by atoms with Crippen LogP contribution in [0.3, 0.4) is 0 Å². The van der Waals surface area contributed by atoms with E-state index in [9.17, 15) is 9.59 Å². The fourth-order valence-corrected chi connectivity index (χ4v) is 2.58. The van der Waals surface area contributed by atoms with E-state index in [0.717, 1.165) is 16.9 Å². The Hall–Kier alpha value is -3.38. The largest absolute Gasteiger partial charge is 0.465 e. The number of carbonyl (C=O) groups is 2. The lowest BCUT2D eigenvalue weighted by Gasteiger charge is -2.08. The number of benzene rings is 2. The van der Waals surface area contributed by atoms with Crippen LogP contribution < -0.4 is 10.6 Å². The van der Waals surface area contributed by atoms with Gasteiger partial charge >= 0.3 is 5.97 Å². The van der Waals surface area contributed by atoms with E-state index in [1.165, 1.54) is 7.11 Å². The molecule has 0 bridgehead atoms. The number of nitrogens with one attached hydrogen (secondary N) is 2. The summed E-state index contributed by atoms with van der Waals surface area (Å²) in [6.45, 7) is 0.393. The molecular formula is C21H18ClN3O3. The number of amides is 1. The quantitative estimate of drug-likeness (QED) is 0.611. The topological polar surface area (TPSA) is 80.3 Å². The Morgan fingerprint density at radius 1 is 0.964 bits per heavy atom.